The molecule has 132 valence electrons. The van der Waals surface area contributed by atoms with Crippen LogP contribution in [0.3, 0.4) is 0 Å². The van der Waals surface area contributed by atoms with Crippen molar-refractivity contribution in [2.45, 2.75) is 17.7 Å². The molecule has 3 rings (SSSR count). The molecule has 5 nitrogen and oxygen atoms in total. The molecule has 1 aliphatic heterocycles. The van der Waals surface area contributed by atoms with Crippen molar-refractivity contribution in [1.82, 2.24) is 4.31 Å². The molecule has 8 heteroatoms. The van der Waals surface area contributed by atoms with E-state index in [9.17, 15) is 13.2 Å². The van der Waals surface area contributed by atoms with Gasteiger partial charge in [0, 0.05) is 24.3 Å². The minimum Gasteiger partial charge on any atom is -0.322 e. The molecule has 25 heavy (non-hydrogen) atoms. The third-order valence-corrected chi connectivity index (χ3v) is 6.65. The first kappa shape index (κ1) is 18.2. The molecule has 0 saturated carbocycles. The number of amides is 1. The summed E-state index contributed by atoms with van der Waals surface area (Å²) in [6.07, 6.45) is 1.77. The van der Waals surface area contributed by atoms with Crippen molar-refractivity contribution in [3.63, 3.8) is 0 Å². The summed E-state index contributed by atoms with van der Waals surface area (Å²) in [7, 11) is -3.46. The van der Waals surface area contributed by atoms with Crippen molar-refractivity contribution in [2.75, 3.05) is 18.4 Å². The van der Waals surface area contributed by atoms with Gasteiger partial charge in [-0.1, -0.05) is 23.2 Å². The fraction of sp³-hybridized carbons (Fsp3) is 0.235. The van der Waals surface area contributed by atoms with E-state index in [-0.39, 0.29) is 10.8 Å². The quantitative estimate of drug-likeness (QED) is 0.844. The van der Waals surface area contributed by atoms with Gasteiger partial charge in [-0.25, -0.2) is 8.42 Å². The van der Waals surface area contributed by atoms with Crippen LogP contribution < -0.4 is 5.32 Å². The minimum absolute atomic E-state index is 0.224. The zero-order chi connectivity index (χ0) is 18.0. The summed E-state index contributed by atoms with van der Waals surface area (Å²) in [6, 6.07) is 10.7. The lowest BCUT2D eigenvalue weighted by Crippen LogP contribution is -2.27. The lowest BCUT2D eigenvalue weighted by Gasteiger charge is -2.15. The molecule has 1 aliphatic rings. The second-order valence-corrected chi connectivity index (χ2v) is 8.47. The Morgan fingerprint density at radius 1 is 0.960 bits per heavy atom. The standard InChI is InChI=1S/C17H16Cl2N2O3S/c18-15-8-3-12(11-16(15)19)17(22)20-13-4-6-14(7-5-13)25(23,24)21-9-1-2-10-21/h3-8,11H,1-2,9-10H2,(H,20,22). The van der Waals surface area contributed by atoms with E-state index < -0.39 is 10.0 Å². The van der Waals surface area contributed by atoms with Crippen molar-refractivity contribution < 1.29 is 13.2 Å². The number of anilines is 1. The monoisotopic (exact) mass is 398 g/mol. The molecule has 0 aromatic heterocycles. The van der Waals surface area contributed by atoms with Gasteiger partial charge in [0.1, 0.15) is 0 Å². The fourth-order valence-electron chi connectivity index (χ4n) is 2.63. The van der Waals surface area contributed by atoms with Crippen molar-refractivity contribution in [3.8, 4) is 0 Å². The number of nitrogens with one attached hydrogen (secondary N) is 1. The molecular weight excluding hydrogens is 383 g/mol. The van der Waals surface area contributed by atoms with E-state index >= 15 is 0 Å². The average molecular weight is 399 g/mol. The SMILES string of the molecule is O=C(Nc1ccc(S(=O)(=O)N2CCCC2)cc1)c1ccc(Cl)c(Cl)c1. The van der Waals surface area contributed by atoms with Gasteiger partial charge in [-0.2, -0.15) is 4.31 Å². The highest BCUT2D eigenvalue weighted by Gasteiger charge is 2.26. The third-order valence-electron chi connectivity index (χ3n) is 4.00. The van der Waals surface area contributed by atoms with Gasteiger partial charge in [0.25, 0.3) is 5.91 Å². The van der Waals surface area contributed by atoms with Gasteiger partial charge in [-0.3, -0.25) is 4.79 Å². The number of sulfonamides is 1. The zero-order valence-corrected chi connectivity index (χ0v) is 15.5. The van der Waals surface area contributed by atoms with Gasteiger partial charge in [-0.05, 0) is 55.3 Å². The highest BCUT2D eigenvalue weighted by Crippen LogP contribution is 2.24. The highest BCUT2D eigenvalue weighted by molar-refractivity contribution is 7.89. The maximum absolute atomic E-state index is 12.5. The average Bonchev–Trinajstić information content (AvgIpc) is 3.13. The first-order chi connectivity index (χ1) is 11.9. The van der Waals surface area contributed by atoms with E-state index in [2.05, 4.69) is 5.32 Å². The fourth-order valence-corrected chi connectivity index (χ4v) is 4.44. The van der Waals surface area contributed by atoms with Crippen LogP contribution in [0.25, 0.3) is 0 Å². The Morgan fingerprint density at radius 2 is 1.60 bits per heavy atom. The number of rotatable bonds is 4. The van der Waals surface area contributed by atoms with Crippen LogP contribution in [0.2, 0.25) is 10.0 Å². The van der Waals surface area contributed by atoms with Gasteiger partial charge in [0.2, 0.25) is 10.0 Å². The summed E-state index contributed by atoms with van der Waals surface area (Å²) < 4.78 is 26.4. The maximum atomic E-state index is 12.5. The number of halogens is 2. The number of benzene rings is 2. The number of hydrogen-bond donors (Lipinski definition) is 1. The summed E-state index contributed by atoms with van der Waals surface area (Å²) in [6.45, 7) is 1.11. The van der Waals surface area contributed by atoms with Crippen molar-refractivity contribution in [1.29, 1.82) is 0 Å². The van der Waals surface area contributed by atoms with E-state index in [0.29, 0.717) is 34.4 Å². The van der Waals surface area contributed by atoms with E-state index in [0.717, 1.165) is 12.8 Å². The minimum atomic E-state index is -3.46. The van der Waals surface area contributed by atoms with Crippen LogP contribution in [0.5, 0.6) is 0 Å². The number of hydrogen-bond acceptors (Lipinski definition) is 3. The second kappa shape index (κ2) is 7.33. The summed E-state index contributed by atoms with van der Waals surface area (Å²) in [5.74, 6) is -0.353. The Morgan fingerprint density at radius 3 is 2.20 bits per heavy atom. The Bertz CT molecular complexity index is 893. The molecule has 2 aromatic rings. The lowest BCUT2D eigenvalue weighted by atomic mass is 10.2. The Balaban J connectivity index is 1.74. The molecule has 1 saturated heterocycles. The summed E-state index contributed by atoms with van der Waals surface area (Å²) in [5.41, 5.74) is 0.861. The van der Waals surface area contributed by atoms with Crippen LogP contribution >= 0.6 is 23.2 Å². The van der Waals surface area contributed by atoms with Gasteiger partial charge >= 0.3 is 0 Å². The first-order valence-electron chi connectivity index (χ1n) is 7.74. The van der Waals surface area contributed by atoms with Gasteiger partial charge in [0.05, 0.1) is 14.9 Å². The summed E-state index contributed by atoms with van der Waals surface area (Å²) in [4.78, 5) is 12.5. The summed E-state index contributed by atoms with van der Waals surface area (Å²) >= 11 is 11.7. The van der Waals surface area contributed by atoms with Crippen LogP contribution in [-0.2, 0) is 10.0 Å². The lowest BCUT2D eigenvalue weighted by molar-refractivity contribution is 0.102. The Kier molecular flexibility index (Phi) is 5.34. The van der Waals surface area contributed by atoms with Crippen molar-refractivity contribution in [2.24, 2.45) is 0 Å². The topological polar surface area (TPSA) is 66.5 Å². The van der Waals surface area contributed by atoms with E-state index in [1.807, 2.05) is 0 Å². The molecular formula is C17H16Cl2N2O3S. The Hall–Kier alpha value is -1.60. The predicted octanol–water partition coefficient (Wildman–Crippen LogP) is 4.03. The molecule has 0 atom stereocenters. The zero-order valence-electron chi connectivity index (χ0n) is 13.2. The molecule has 1 heterocycles. The van der Waals surface area contributed by atoms with Crippen LogP contribution in [0.15, 0.2) is 47.4 Å². The van der Waals surface area contributed by atoms with E-state index in [1.165, 1.54) is 22.5 Å². The maximum Gasteiger partial charge on any atom is 0.255 e. The molecule has 0 unspecified atom stereocenters. The normalized spacial score (nSPS) is 15.3. The van der Waals surface area contributed by atoms with Crippen LogP contribution in [-0.4, -0.2) is 31.7 Å². The number of carbonyl (C=O) groups excluding carboxylic acids is 1. The summed E-state index contributed by atoms with van der Waals surface area (Å²) in [5, 5.41) is 3.37. The van der Waals surface area contributed by atoms with Gasteiger partial charge in [-0.15, -0.1) is 0 Å². The molecule has 0 aliphatic carbocycles. The molecule has 1 amide bonds. The second-order valence-electron chi connectivity index (χ2n) is 5.72. The first-order valence-corrected chi connectivity index (χ1v) is 9.94. The number of carbonyl (C=O) groups is 1. The van der Waals surface area contributed by atoms with E-state index in [4.69, 9.17) is 23.2 Å². The molecule has 1 N–H and O–H groups in total. The van der Waals surface area contributed by atoms with Crippen LogP contribution in [0.1, 0.15) is 23.2 Å². The van der Waals surface area contributed by atoms with E-state index in [1.54, 1.807) is 24.3 Å². The third kappa shape index (κ3) is 3.98. The predicted molar refractivity (Wildman–Crippen MR) is 98.9 cm³/mol. The van der Waals surface area contributed by atoms with Crippen LogP contribution in [0.4, 0.5) is 5.69 Å². The Labute approximate surface area is 156 Å². The largest absolute Gasteiger partial charge is 0.322 e. The highest BCUT2D eigenvalue weighted by atomic mass is 35.5. The van der Waals surface area contributed by atoms with Crippen LogP contribution in [0, 0.1) is 0 Å². The molecule has 0 radical (unpaired) electrons. The number of nitrogens with zero attached hydrogens (tertiary/aromatic N) is 1. The molecule has 0 bridgehead atoms. The van der Waals surface area contributed by atoms with Gasteiger partial charge in [0.15, 0.2) is 0 Å². The molecule has 0 spiro atoms. The van der Waals surface area contributed by atoms with Gasteiger partial charge < -0.3 is 5.32 Å². The van der Waals surface area contributed by atoms with Crippen molar-refractivity contribution in [3.05, 3.63) is 58.1 Å². The molecule has 2 aromatic carbocycles. The molecule has 1 fully saturated rings. The smallest absolute Gasteiger partial charge is 0.255 e. The van der Waals surface area contributed by atoms with Crippen molar-refractivity contribution >= 4 is 44.8 Å².